The van der Waals surface area contributed by atoms with E-state index in [1.165, 1.54) is 45.4 Å². The molecule has 0 radical (unpaired) electrons. The number of ether oxygens (including phenoxy) is 1. The van der Waals surface area contributed by atoms with Crippen molar-refractivity contribution in [2.24, 2.45) is 5.41 Å². The van der Waals surface area contributed by atoms with E-state index in [0.717, 1.165) is 6.42 Å². The zero-order valence-electron chi connectivity index (χ0n) is 12.4. The molecule has 5 nitrogen and oxygen atoms in total. The smallest absolute Gasteiger partial charge is 0.244 e. The molecule has 0 N–H and O–H groups in total. The Kier molecular flexibility index (Phi) is 3.92. The molecule has 1 aliphatic heterocycles. The zero-order chi connectivity index (χ0) is 14.9. The average molecular weight is 310 g/mol. The van der Waals surface area contributed by atoms with Crippen LogP contribution in [0.2, 0.25) is 0 Å². The van der Waals surface area contributed by atoms with Gasteiger partial charge in [0.2, 0.25) is 15.9 Å². The molecular formula is C15H22N2O3S. The molecule has 0 unspecified atom stereocenters. The zero-order valence-corrected chi connectivity index (χ0v) is 13.2. The number of rotatable bonds is 3. The fourth-order valence-corrected chi connectivity index (χ4v) is 5.10. The van der Waals surface area contributed by atoms with Gasteiger partial charge in [0, 0.05) is 19.2 Å². The third-order valence-corrected chi connectivity index (χ3v) is 6.70. The van der Waals surface area contributed by atoms with Gasteiger partial charge >= 0.3 is 0 Å². The summed E-state index contributed by atoms with van der Waals surface area (Å²) in [5, 5.41) is 0. The van der Waals surface area contributed by atoms with E-state index in [2.05, 4.69) is 4.98 Å². The highest BCUT2D eigenvalue weighted by atomic mass is 32.2. The summed E-state index contributed by atoms with van der Waals surface area (Å²) in [6, 6.07) is 3.17. The van der Waals surface area contributed by atoms with Gasteiger partial charge in [-0.15, -0.1) is 0 Å². The van der Waals surface area contributed by atoms with Crippen molar-refractivity contribution in [1.82, 2.24) is 9.29 Å². The lowest BCUT2D eigenvalue weighted by molar-refractivity contribution is 0.205. The molecule has 1 saturated heterocycles. The lowest BCUT2D eigenvalue weighted by Gasteiger charge is -2.33. The van der Waals surface area contributed by atoms with Gasteiger partial charge in [0.25, 0.3) is 0 Å². The van der Waals surface area contributed by atoms with Crippen LogP contribution in [0.15, 0.2) is 23.2 Å². The molecule has 2 aliphatic rings. The van der Waals surface area contributed by atoms with E-state index in [4.69, 9.17) is 4.74 Å². The number of sulfonamides is 1. The van der Waals surface area contributed by atoms with E-state index in [1.54, 1.807) is 16.4 Å². The predicted molar refractivity (Wildman–Crippen MR) is 79.7 cm³/mol. The Morgan fingerprint density at radius 2 is 1.95 bits per heavy atom. The van der Waals surface area contributed by atoms with Crippen LogP contribution in [0, 0.1) is 5.41 Å². The number of nitrogens with zero attached hydrogens (tertiary/aromatic N) is 2. The number of aromatic nitrogens is 1. The van der Waals surface area contributed by atoms with Gasteiger partial charge in [-0.1, -0.05) is 19.3 Å². The van der Waals surface area contributed by atoms with Crippen LogP contribution in [0.1, 0.15) is 38.5 Å². The van der Waals surface area contributed by atoms with Crippen LogP contribution in [0.25, 0.3) is 0 Å². The first kappa shape index (κ1) is 14.8. The van der Waals surface area contributed by atoms with Crippen molar-refractivity contribution in [3.63, 3.8) is 0 Å². The van der Waals surface area contributed by atoms with E-state index in [1.807, 2.05) is 0 Å². The van der Waals surface area contributed by atoms with Gasteiger partial charge in [0.1, 0.15) is 4.90 Å². The van der Waals surface area contributed by atoms with Crippen molar-refractivity contribution in [2.75, 3.05) is 20.2 Å². The molecule has 1 aromatic rings. The Hall–Kier alpha value is -1.14. The van der Waals surface area contributed by atoms with E-state index in [-0.39, 0.29) is 10.3 Å². The predicted octanol–water partition coefficient (Wildman–Crippen LogP) is 2.44. The second-order valence-electron chi connectivity index (χ2n) is 6.19. The SMILES string of the molecule is COc1ccc(S(=O)(=O)N2CCC3(CCCCC3)C2)cn1. The highest BCUT2D eigenvalue weighted by molar-refractivity contribution is 7.89. The average Bonchev–Trinajstić information content (AvgIpc) is 2.92. The number of methoxy groups -OCH3 is 1. The molecule has 0 amide bonds. The maximum absolute atomic E-state index is 12.7. The molecule has 6 heteroatoms. The van der Waals surface area contributed by atoms with Gasteiger partial charge in [-0.3, -0.25) is 0 Å². The number of hydrogen-bond donors (Lipinski definition) is 0. The standard InChI is InChI=1S/C15H22N2O3S/c1-20-14-6-5-13(11-16-14)21(18,19)17-10-9-15(12-17)7-3-2-4-8-15/h5-6,11H,2-4,7-10,12H2,1H3. The minimum Gasteiger partial charge on any atom is -0.481 e. The first-order valence-electron chi connectivity index (χ1n) is 7.56. The Morgan fingerprint density at radius 1 is 1.19 bits per heavy atom. The second kappa shape index (κ2) is 5.57. The molecule has 2 fully saturated rings. The monoisotopic (exact) mass is 310 g/mol. The van der Waals surface area contributed by atoms with Gasteiger partial charge < -0.3 is 4.74 Å². The van der Waals surface area contributed by atoms with Gasteiger partial charge in [0.05, 0.1) is 13.3 Å². The van der Waals surface area contributed by atoms with E-state index >= 15 is 0 Å². The molecule has 1 saturated carbocycles. The van der Waals surface area contributed by atoms with Crippen LogP contribution in [0.5, 0.6) is 5.88 Å². The van der Waals surface area contributed by atoms with E-state index < -0.39 is 10.0 Å². The van der Waals surface area contributed by atoms with Crippen LogP contribution >= 0.6 is 0 Å². The topological polar surface area (TPSA) is 59.5 Å². The molecule has 1 spiro atoms. The molecule has 1 aromatic heterocycles. The van der Waals surface area contributed by atoms with Crippen LogP contribution < -0.4 is 4.74 Å². The second-order valence-corrected chi connectivity index (χ2v) is 8.12. The molecule has 21 heavy (non-hydrogen) atoms. The third-order valence-electron chi connectivity index (χ3n) is 4.87. The molecule has 116 valence electrons. The Bertz CT molecular complexity index is 592. The maximum atomic E-state index is 12.7. The van der Waals surface area contributed by atoms with Gasteiger partial charge in [-0.25, -0.2) is 13.4 Å². The highest BCUT2D eigenvalue weighted by Crippen LogP contribution is 2.44. The van der Waals surface area contributed by atoms with Gasteiger partial charge in [-0.2, -0.15) is 4.31 Å². The first-order chi connectivity index (χ1) is 10.1. The lowest BCUT2D eigenvalue weighted by Crippen LogP contribution is -2.33. The fourth-order valence-electron chi connectivity index (χ4n) is 3.60. The molecule has 3 rings (SSSR count). The summed E-state index contributed by atoms with van der Waals surface area (Å²) in [4.78, 5) is 4.27. The van der Waals surface area contributed by atoms with Crippen LogP contribution in [-0.2, 0) is 10.0 Å². The fraction of sp³-hybridized carbons (Fsp3) is 0.667. The summed E-state index contributed by atoms with van der Waals surface area (Å²) in [5.41, 5.74) is 0.227. The molecule has 0 bridgehead atoms. The summed E-state index contributed by atoms with van der Waals surface area (Å²) in [6.07, 6.45) is 8.47. The van der Waals surface area contributed by atoms with E-state index in [9.17, 15) is 8.42 Å². The normalized spacial score (nSPS) is 22.5. The van der Waals surface area contributed by atoms with Crippen molar-refractivity contribution >= 4 is 10.0 Å². The molecule has 1 aliphatic carbocycles. The van der Waals surface area contributed by atoms with Crippen molar-refractivity contribution in [3.8, 4) is 5.88 Å². The molecule has 0 atom stereocenters. The summed E-state index contributed by atoms with van der Waals surface area (Å²) in [7, 11) is -1.91. The minimum absolute atomic E-state index is 0.227. The molecular weight excluding hydrogens is 288 g/mol. The first-order valence-corrected chi connectivity index (χ1v) is 9.00. The lowest BCUT2D eigenvalue weighted by atomic mass is 9.74. The van der Waals surface area contributed by atoms with Crippen LogP contribution in [0.3, 0.4) is 0 Å². The van der Waals surface area contributed by atoms with Gasteiger partial charge in [0.15, 0.2) is 0 Å². The minimum atomic E-state index is -3.42. The Morgan fingerprint density at radius 3 is 2.57 bits per heavy atom. The largest absolute Gasteiger partial charge is 0.481 e. The van der Waals surface area contributed by atoms with Crippen LogP contribution in [0.4, 0.5) is 0 Å². The van der Waals surface area contributed by atoms with Crippen LogP contribution in [-0.4, -0.2) is 37.9 Å². The summed E-state index contributed by atoms with van der Waals surface area (Å²) >= 11 is 0. The highest BCUT2D eigenvalue weighted by Gasteiger charge is 2.43. The Balaban J connectivity index is 1.79. The molecule has 2 heterocycles. The summed E-state index contributed by atoms with van der Waals surface area (Å²) < 4.78 is 32.0. The Labute approximate surface area is 126 Å². The quantitative estimate of drug-likeness (QED) is 0.860. The number of hydrogen-bond acceptors (Lipinski definition) is 4. The maximum Gasteiger partial charge on any atom is 0.244 e. The van der Waals surface area contributed by atoms with Crippen molar-refractivity contribution in [2.45, 2.75) is 43.4 Å². The summed E-state index contributed by atoms with van der Waals surface area (Å²) in [5.74, 6) is 0.430. The molecule has 0 aromatic carbocycles. The van der Waals surface area contributed by atoms with Crippen molar-refractivity contribution < 1.29 is 13.2 Å². The van der Waals surface area contributed by atoms with Gasteiger partial charge in [-0.05, 0) is 30.7 Å². The third kappa shape index (κ3) is 2.79. The van der Waals surface area contributed by atoms with Crippen molar-refractivity contribution in [1.29, 1.82) is 0 Å². The number of pyridine rings is 1. The van der Waals surface area contributed by atoms with Crippen molar-refractivity contribution in [3.05, 3.63) is 18.3 Å². The summed E-state index contributed by atoms with van der Waals surface area (Å²) in [6.45, 7) is 1.30. The van der Waals surface area contributed by atoms with E-state index in [0.29, 0.717) is 19.0 Å².